The van der Waals surface area contributed by atoms with Gasteiger partial charge in [-0.15, -0.1) is 0 Å². The highest BCUT2D eigenvalue weighted by atomic mass is 32.2. The zero-order chi connectivity index (χ0) is 41.2. The molecule has 332 valence electrons. The van der Waals surface area contributed by atoms with Crippen LogP contribution in [0.25, 0.3) is 0 Å². The molecule has 1 amide bonds. The Morgan fingerprint density at radius 1 is 0.482 bits per heavy atom. The maximum atomic E-state index is 12.6. The molecule has 0 rings (SSSR count). The summed E-state index contributed by atoms with van der Waals surface area (Å²) in [6.45, 7) is 4.54. The Bertz CT molecular complexity index is 1000. The lowest BCUT2D eigenvalue weighted by Gasteiger charge is -2.22. The van der Waals surface area contributed by atoms with Gasteiger partial charge in [0.25, 0.3) is 10.1 Å². The summed E-state index contributed by atoms with van der Waals surface area (Å²) >= 11 is 0. The smallest absolute Gasteiger partial charge is 0.267 e. The first-order valence-electron chi connectivity index (χ1n) is 24.1. The first-order chi connectivity index (χ1) is 27.2. The van der Waals surface area contributed by atoms with Gasteiger partial charge < -0.3 is 15.5 Å². The van der Waals surface area contributed by atoms with Crippen molar-refractivity contribution in [3.05, 3.63) is 24.3 Å². The fourth-order valence-corrected chi connectivity index (χ4v) is 8.25. The third kappa shape index (κ3) is 41.0. The van der Waals surface area contributed by atoms with Gasteiger partial charge in [0.1, 0.15) is 6.10 Å². The van der Waals surface area contributed by atoms with Crippen LogP contribution >= 0.6 is 0 Å². The topological polar surface area (TPSA) is 124 Å². The molecule has 0 spiro atoms. The van der Waals surface area contributed by atoms with E-state index in [0.29, 0.717) is 6.42 Å². The van der Waals surface area contributed by atoms with Gasteiger partial charge in [-0.05, 0) is 44.9 Å². The normalized spacial score (nSPS) is 13.9. The van der Waals surface area contributed by atoms with E-state index in [1.807, 2.05) is 6.08 Å². The highest BCUT2D eigenvalue weighted by Crippen LogP contribution is 2.16. The number of carbonyl (C=O) groups is 1. The number of allylic oxidation sites excluding steroid dienone is 3. The van der Waals surface area contributed by atoms with Crippen LogP contribution in [0.5, 0.6) is 0 Å². The summed E-state index contributed by atoms with van der Waals surface area (Å²) in [6, 6.07) is -1.23. The average Bonchev–Trinajstić information content (AvgIpc) is 3.17. The largest absolute Gasteiger partial charge is 0.387 e. The van der Waals surface area contributed by atoms with Crippen molar-refractivity contribution in [2.24, 2.45) is 0 Å². The van der Waals surface area contributed by atoms with Crippen LogP contribution in [-0.4, -0.2) is 53.1 Å². The molecule has 0 aromatic carbocycles. The number of rotatable bonds is 44. The minimum atomic E-state index is -4.44. The minimum Gasteiger partial charge on any atom is -0.387 e. The van der Waals surface area contributed by atoms with E-state index in [-0.39, 0.29) is 6.42 Å². The van der Waals surface area contributed by atoms with E-state index >= 15 is 0 Å². The fraction of sp³-hybridized carbons (Fsp3) is 0.896. The van der Waals surface area contributed by atoms with Crippen LogP contribution < -0.4 is 5.32 Å². The average molecular weight is 812 g/mol. The zero-order valence-corrected chi connectivity index (χ0v) is 37.7. The third-order valence-corrected chi connectivity index (χ3v) is 12.0. The molecule has 7 nitrogen and oxygen atoms in total. The third-order valence-electron chi connectivity index (χ3n) is 11.2. The lowest BCUT2D eigenvalue weighted by molar-refractivity contribution is -0.130. The van der Waals surface area contributed by atoms with Gasteiger partial charge >= 0.3 is 0 Å². The number of aliphatic hydroxyl groups excluding tert-OH is 2. The first-order valence-corrected chi connectivity index (χ1v) is 25.8. The lowest BCUT2D eigenvalue weighted by Crippen LogP contribution is -2.50. The van der Waals surface area contributed by atoms with E-state index in [1.165, 1.54) is 186 Å². The predicted molar refractivity (Wildman–Crippen MR) is 241 cm³/mol. The van der Waals surface area contributed by atoms with E-state index in [9.17, 15) is 28.0 Å². The molecule has 0 aliphatic carbocycles. The van der Waals surface area contributed by atoms with Gasteiger partial charge in [0.2, 0.25) is 5.91 Å². The standard InChI is InChI=1S/C48H93NO6S/c1-3-5-7-9-11-13-15-17-19-21-22-23-24-25-27-29-31-33-35-37-39-41-43-47(51)48(52)49-45(44-56(53,54)55)46(50)42-40-38-36-34-32-30-28-26-20-18-16-14-12-10-8-6-4-2/h25,27,40,42,45-47,50-51H,3-24,26,28-39,41,43-44H2,1-2H3,(H,49,52)(H,53,54,55)/b27-25-,42-40+. The summed E-state index contributed by atoms with van der Waals surface area (Å²) in [4.78, 5) is 12.6. The number of unbranched alkanes of at least 4 members (excludes halogenated alkanes) is 33. The number of hydrogen-bond acceptors (Lipinski definition) is 5. The van der Waals surface area contributed by atoms with Crippen LogP contribution in [0.15, 0.2) is 24.3 Å². The molecule has 0 fully saturated rings. The SMILES string of the molecule is CCCCCCCCCCCCCC/C=C\CCCCCCCCC(O)C(=O)NC(CS(=O)(=O)O)C(O)/C=C/CCCCCCCCCCCCCCCCC. The van der Waals surface area contributed by atoms with Crippen molar-refractivity contribution >= 4 is 16.0 Å². The second kappa shape index (κ2) is 41.9. The summed E-state index contributed by atoms with van der Waals surface area (Å²) < 4.78 is 32.6. The molecule has 0 radical (unpaired) electrons. The van der Waals surface area contributed by atoms with Gasteiger partial charge in [-0.3, -0.25) is 9.35 Å². The van der Waals surface area contributed by atoms with Crippen molar-refractivity contribution in [1.29, 1.82) is 0 Å². The molecule has 0 aromatic rings. The van der Waals surface area contributed by atoms with E-state index in [2.05, 4.69) is 31.3 Å². The molecule has 4 N–H and O–H groups in total. The van der Waals surface area contributed by atoms with E-state index in [4.69, 9.17) is 0 Å². The fourth-order valence-electron chi connectivity index (χ4n) is 7.51. The molecule has 0 aliphatic heterocycles. The maximum absolute atomic E-state index is 12.6. The Kier molecular flexibility index (Phi) is 41.0. The summed E-state index contributed by atoms with van der Waals surface area (Å²) in [5, 5.41) is 23.5. The van der Waals surface area contributed by atoms with Crippen molar-refractivity contribution in [3.8, 4) is 0 Å². The Morgan fingerprint density at radius 2 is 0.786 bits per heavy atom. The molecule has 0 saturated heterocycles. The molecule has 3 unspecified atom stereocenters. The van der Waals surface area contributed by atoms with Crippen molar-refractivity contribution in [3.63, 3.8) is 0 Å². The molecule has 0 aromatic heterocycles. The summed E-state index contributed by atoms with van der Waals surface area (Å²) in [6.07, 6.45) is 51.0. The van der Waals surface area contributed by atoms with Crippen LogP contribution in [0.3, 0.4) is 0 Å². The van der Waals surface area contributed by atoms with Gasteiger partial charge in [-0.2, -0.15) is 8.42 Å². The predicted octanol–water partition coefficient (Wildman–Crippen LogP) is 13.7. The van der Waals surface area contributed by atoms with Crippen molar-refractivity contribution < 1.29 is 28.0 Å². The summed E-state index contributed by atoms with van der Waals surface area (Å²) in [5.74, 6) is -1.53. The Hall–Kier alpha value is -1.22. The van der Waals surface area contributed by atoms with Gasteiger partial charge in [-0.25, -0.2) is 0 Å². The van der Waals surface area contributed by atoms with Crippen molar-refractivity contribution in [2.75, 3.05) is 5.75 Å². The van der Waals surface area contributed by atoms with Gasteiger partial charge in [-0.1, -0.05) is 231 Å². The Labute approximate surface area is 347 Å². The summed E-state index contributed by atoms with van der Waals surface area (Å²) in [7, 11) is -4.44. The van der Waals surface area contributed by atoms with Crippen LogP contribution in [0, 0.1) is 0 Å². The lowest BCUT2D eigenvalue weighted by atomic mass is 10.0. The van der Waals surface area contributed by atoms with Gasteiger partial charge in [0.05, 0.1) is 17.9 Å². The number of hydrogen-bond donors (Lipinski definition) is 4. The number of aliphatic hydroxyl groups is 2. The molecule has 0 bridgehead atoms. The van der Waals surface area contributed by atoms with Crippen LogP contribution in [0.2, 0.25) is 0 Å². The van der Waals surface area contributed by atoms with E-state index in [1.54, 1.807) is 0 Å². The molecule has 0 heterocycles. The van der Waals surface area contributed by atoms with Crippen LogP contribution in [-0.2, 0) is 14.9 Å². The molecular weight excluding hydrogens is 719 g/mol. The zero-order valence-electron chi connectivity index (χ0n) is 36.9. The van der Waals surface area contributed by atoms with Crippen molar-refractivity contribution in [1.82, 2.24) is 5.32 Å². The van der Waals surface area contributed by atoms with Gasteiger partial charge in [0, 0.05) is 0 Å². The molecule has 0 aliphatic rings. The Morgan fingerprint density at radius 3 is 1.12 bits per heavy atom. The summed E-state index contributed by atoms with van der Waals surface area (Å²) in [5.41, 5.74) is 0. The molecule has 3 atom stereocenters. The minimum absolute atomic E-state index is 0.275. The first kappa shape index (κ1) is 54.8. The van der Waals surface area contributed by atoms with Crippen molar-refractivity contribution in [2.45, 2.75) is 270 Å². The molecule has 8 heteroatoms. The number of nitrogens with one attached hydrogen (secondary N) is 1. The van der Waals surface area contributed by atoms with E-state index in [0.717, 1.165) is 44.9 Å². The Balaban J connectivity index is 3.92. The maximum Gasteiger partial charge on any atom is 0.267 e. The molecule has 0 saturated carbocycles. The second-order valence-electron chi connectivity index (χ2n) is 16.9. The van der Waals surface area contributed by atoms with Gasteiger partial charge in [0.15, 0.2) is 0 Å². The van der Waals surface area contributed by atoms with Crippen LogP contribution in [0.1, 0.15) is 251 Å². The molecule has 56 heavy (non-hydrogen) atoms. The second-order valence-corrected chi connectivity index (χ2v) is 18.4. The number of amides is 1. The number of carbonyl (C=O) groups excluding carboxylic acids is 1. The van der Waals surface area contributed by atoms with E-state index < -0.39 is 40.0 Å². The monoisotopic (exact) mass is 812 g/mol. The highest BCUT2D eigenvalue weighted by molar-refractivity contribution is 7.85. The quantitative estimate of drug-likeness (QED) is 0.0276. The molecular formula is C48H93NO6S. The highest BCUT2D eigenvalue weighted by Gasteiger charge is 2.27. The van der Waals surface area contributed by atoms with Crippen LogP contribution in [0.4, 0.5) is 0 Å².